The van der Waals surface area contributed by atoms with E-state index in [2.05, 4.69) is 5.32 Å². The first-order valence-corrected chi connectivity index (χ1v) is 5.42. The van der Waals surface area contributed by atoms with Gasteiger partial charge in [-0.3, -0.25) is 4.79 Å². The summed E-state index contributed by atoms with van der Waals surface area (Å²) in [4.78, 5) is 13.0. The molecule has 0 radical (unpaired) electrons. The maximum absolute atomic E-state index is 11.8. The second-order valence-corrected chi connectivity index (χ2v) is 3.27. The Kier molecular flexibility index (Phi) is 8.92. The molecule has 0 aliphatic heterocycles. The lowest BCUT2D eigenvalue weighted by Crippen LogP contribution is -2.37. The van der Waals surface area contributed by atoms with Crippen LogP contribution in [0.3, 0.4) is 0 Å². The van der Waals surface area contributed by atoms with Gasteiger partial charge in [-0.1, -0.05) is 0 Å². The van der Waals surface area contributed by atoms with E-state index < -0.39 is 5.91 Å². The molecule has 0 bridgehead atoms. The predicted molar refractivity (Wildman–Crippen MR) is 62.7 cm³/mol. The predicted octanol–water partition coefficient (Wildman–Crippen LogP) is -1.29. The summed E-state index contributed by atoms with van der Waals surface area (Å²) in [6, 6.07) is 3.65. The minimum absolute atomic E-state index is 0.0522. The van der Waals surface area contributed by atoms with Crippen LogP contribution in [-0.4, -0.2) is 53.9 Å². The first-order valence-electron chi connectivity index (χ1n) is 5.42. The van der Waals surface area contributed by atoms with E-state index in [1.807, 2.05) is 6.07 Å². The average molecular weight is 252 g/mol. The number of nitrogens with zero attached hydrogens (tertiary/aromatic N) is 3. The molecule has 0 aliphatic rings. The van der Waals surface area contributed by atoms with E-state index in [9.17, 15) is 4.79 Å². The molecule has 98 valence electrons. The molecule has 0 atom stereocenters. The Labute approximate surface area is 106 Å². The van der Waals surface area contributed by atoms with Gasteiger partial charge in [0.15, 0.2) is 0 Å². The lowest BCUT2D eigenvalue weighted by molar-refractivity contribution is -0.127. The molecule has 0 fully saturated rings. The van der Waals surface area contributed by atoms with Crippen LogP contribution in [0, 0.1) is 22.7 Å². The van der Waals surface area contributed by atoms with Crippen molar-refractivity contribution in [2.45, 2.75) is 6.42 Å². The quantitative estimate of drug-likeness (QED) is 0.281. The van der Waals surface area contributed by atoms with Crippen molar-refractivity contribution in [2.24, 2.45) is 0 Å². The Morgan fingerprint density at radius 3 is 2.33 bits per heavy atom. The average Bonchev–Trinajstić information content (AvgIpc) is 2.38. The zero-order valence-corrected chi connectivity index (χ0v) is 9.96. The van der Waals surface area contributed by atoms with Crippen molar-refractivity contribution in [2.75, 3.05) is 32.8 Å². The fourth-order valence-corrected chi connectivity index (χ4v) is 1.17. The third-order valence-corrected chi connectivity index (χ3v) is 2.01. The minimum atomic E-state index is -0.565. The van der Waals surface area contributed by atoms with Crippen molar-refractivity contribution >= 4 is 5.91 Å². The Morgan fingerprint density at radius 1 is 1.28 bits per heavy atom. The summed E-state index contributed by atoms with van der Waals surface area (Å²) in [7, 11) is 0. The van der Waals surface area contributed by atoms with Gasteiger partial charge in [0.1, 0.15) is 11.6 Å². The number of carbonyl (C=O) groups is 1. The fourth-order valence-electron chi connectivity index (χ4n) is 1.17. The SMILES string of the molecule is N#CCCN/C=C(/C#N)C(=O)N(CCO)CCO. The number of aliphatic hydroxyl groups is 2. The maximum Gasteiger partial charge on any atom is 0.266 e. The van der Waals surface area contributed by atoms with Crippen LogP contribution >= 0.6 is 0 Å². The molecule has 18 heavy (non-hydrogen) atoms. The molecule has 0 heterocycles. The van der Waals surface area contributed by atoms with Crippen LogP contribution in [0.25, 0.3) is 0 Å². The highest BCUT2D eigenvalue weighted by atomic mass is 16.3. The van der Waals surface area contributed by atoms with E-state index in [-0.39, 0.29) is 38.3 Å². The number of nitriles is 2. The van der Waals surface area contributed by atoms with Gasteiger partial charge in [0.05, 0.1) is 25.7 Å². The van der Waals surface area contributed by atoms with Crippen LogP contribution in [0.2, 0.25) is 0 Å². The second kappa shape index (κ2) is 10.1. The molecule has 0 unspecified atom stereocenters. The zero-order valence-electron chi connectivity index (χ0n) is 9.96. The summed E-state index contributed by atoms with van der Waals surface area (Å²) in [5.41, 5.74) is -0.130. The van der Waals surface area contributed by atoms with Crippen molar-refractivity contribution in [3.05, 3.63) is 11.8 Å². The number of carbonyl (C=O) groups excluding carboxylic acids is 1. The van der Waals surface area contributed by atoms with Gasteiger partial charge in [0.25, 0.3) is 5.91 Å². The van der Waals surface area contributed by atoms with Gasteiger partial charge in [-0.25, -0.2) is 0 Å². The molecule has 0 aliphatic carbocycles. The van der Waals surface area contributed by atoms with Gasteiger partial charge < -0.3 is 20.4 Å². The van der Waals surface area contributed by atoms with Gasteiger partial charge >= 0.3 is 0 Å². The van der Waals surface area contributed by atoms with Crippen molar-refractivity contribution in [1.29, 1.82) is 10.5 Å². The molecule has 0 aromatic rings. The summed E-state index contributed by atoms with van der Waals surface area (Å²) in [6.45, 7) is -0.0409. The van der Waals surface area contributed by atoms with E-state index in [0.717, 1.165) is 0 Å². The van der Waals surface area contributed by atoms with E-state index in [1.54, 1.807) is 6.07 Å². The Bertz CT molecular complexity index is 361. The molecule has 1 amide bonds. The van der Waals surface area contributed by atoms with Gasteiger partial charge in [0, 0.05) is 25.8 Å². The summed E-state index contributed by atoms with van der Waals surface area (Å²) in [5, 5.41) is 37.4. The number of amides is 1. The topological polar surface area (TPSA) is 120 Å². The largest absolute Gasteiger partial charge is 0.395 e. The van der Waals surface area contributed by atoms with Gasteiger partial charge in [0.2, 0.25) is 0 Å². The van der Waals surface area contributed by atoms with Gasteiger partial charge in [-0.15, -0.1) is 0 Å². The number of hydrogen-bond acceptors (Lipinski definition) is 6. The normalized spacial score (nSPS) is 10.3. The van der Waals surface area contributed by atoms with E-state index in [1.165, 1.54) is 11.1 Å². The molecule has 0 saturated carbocycles. The summed E-state index contributed by atoms with van der Waals surface area (Å²) < 4.78 is 0. The Morgan fingerprint density at radius 2 is 1.89 bits per heavy atom. The minimum Gasteiger partial charge on any atom is -0.395 e. The van der Waals surface area contributed by atoms with Crippen molar-refractivity contribution in [3.63, 3.8) is 0 Å². The summed E-state index contributed by atoms with van der Waals surface area (Å²) in [6.07, 6.45) is 1.50. The molecule has 0 aromatic heterocycles. The molecule has 7 nitrogen and oxygen atoms in total. The third kappa shape index (κ3) is 5.85. The fraction of sp³-hybridized carbons (Fsp3) is 0.545. The van der Waals surface area contributed by atoms with Gasteiger partial charge in [-0.05, 0) is 0 Å². The van der Waals surface area contributed by atoms with Crippen LogP contribution in [0.5, 0.6) is 0 Å². The summed E-state index contributed by atoms with van der Waals surface area (Å²) >= 11 is 0. The van der Waals surface area contributed by atoms with Crippen LogP contribution in [-0.2, 0) is 4.79 Å². The highest BCUT2D eigenvalue weighted by molar-refractivity contribution is 5.97. The van der Waals surface area contributed by atoms with E-state index in [4.69, 9.17) is 20.7 Å². The highest BCUT2D eigenvalue weighted by Gasteiger charge is 2.17. The number of nitrogens with one attached hydrogen (secondary N) is 1. The lowest BCUT2D eigenvalue weighted by Gasteiger charge is -2.19. The number of hydrogen-bond donors (Lipinski definition) is 3. The van der Waals surface area contributed by atoms with Crippen molar-refractivity contribution < 1.29 is 15.0 Å². The molecular formula is C11H16N4O3. The van der Waals surface area contributed by atoms with E-state index >= 15 is 0 Å². The van der Waals surface area contributed by atoms with Crippen LogP contribution in [0.15, 0.2) is 11.8 Å². The monoisotopic (exact) mass is 252 g/mol. The first kappa shape index (κ1) is 15.9. The Balaban J connectivity index is 4.57. The molecular weight excluding hydrogens is 236 g/mol. The lowest BCUT2D eigenvalue weighted by atomic mass is 10.2. The van der Waals surface area contributed by atoms with Crippen LogP contribution in [0.1, 0.15) is 6.42 Å². The zero-order chi connectivity index (χ0) is 13.8. The molecule has 0 aromatic carbocycles. The smallest absolute Gasteiger partial charge is 0.266 e. The van der Waals surface area contributed by atoms with E-state index in [0.29, 0.717) is 6.54 Å². The standard InChI is InChI=1S/C11H16N4O3/c12-2-1-3-14-9-10(8-13)11(18)15(4-6-16)5-7-17/h9,14,16-17H,1,3-7H2/b10-9-. The van der Waals surface area contributed by atoms with Gasteiger partial charge in [-0.2, -0.15) is 10.5 Å². The van der Waals surface area contributed by atoms with Crippen LogP contribution < -0.4 is 5.32 Å². The Hall–Kier alpha value is -2.09. The molecule has 0 rings (SSSR count). The molecule has 0 spiro atoms. The number of aliphatic hydroxyl groups excluding tert-OH is 2. The second-order valence-electron chi connectivity index (χ2n) is 3.27. The maximum atomic E-state index is 11.8. The molecule has 0 saturated heterocycles. The molecule has 3 N–H and O–H groups in total. The molecule has 7 heteroatoms. The van der Waals surface area contributed by atoms with Crippen molar-refractivity contribution in [1.82, 2.24) is 10.2 Å². The van der Waals surface area contributed by atoms with Crippen LogP contribution in [0.4, 0.5) is 0 Å². The first-order chi connectivity index (χ1) is 8.71. The number of rotatable bonds is 8. The third-order valence-electron chi connectivity index (χ3n) is 2.01. The highest BCUT2D eigenvalue weighted by Crippen LogP contribution is 2.00. The summed E-state index contributed by atoms with van der Waals surface area (Å²) in [5.74, 6) is -0.565. The van der Waals surface area contributed by atoms with Crippen molar-refractivity contribution in [3.8, 4) is 12.1 Å².